The maximum absolute atomic E-state index is 6.05. The summed E-state index contributed by atoms with van der Waals surface area (Å²) in [4.78, 5) is 0. The minimum absolute atomic E-state index is 0.330. The van der Waals surface area contributed by atoms with Gasteiger partial charge < -0.3 is 5.73 Å². The minimum atomic E-state index is -1.48. The van der Waals surface area contributed by atoms with E-state index >= 15 is 0 Å². The van der Waals surface area contributed by atoms with Gasteiger partial charge in [-0.15, -0.1) is 0 Å². The van der Waals surface area contributed by atoms with Crippen LogP contribution in [0, 0.1) is 0 Å². The molecule has 0 aliphatic rings. The Kier molecular flexibility index (Phi) is 4.19. The van der Waals surface area contributed by atoms with Gasteiger partial charge in [-0.05, 0) is 16.7 Å². The van der Waals surface area contributed by atoms with Crippen LogP contribution in [0.15, 0.2) is 23.5 Å². The van der Waals surface area contributed by atoms with Crippen LogP contribution in [0.3, 0.4) is 0 Å². The molecule has 2 N–H and O–H groups in total. The molecular formula is C12H25NSi. The molecule has 0 aromatic rings. The Balaban J connectivity index is 5.36. The van der Waals surface area contributed by atoms with Crippen molar-refractivity contribution < 1.29 is 0 Å². The molecule has 0 spiro atoms. The van der Waals surface area contributed by atoms with Crippen molar-refractivity contribution in [3.8, 4) is 0 Å². The molecule has 0 aromatic heterocycles. The molecule has 0 unspecified atom stereocenters. The third-order valence-corrected chi connectivity index (χ3v) is 9.10. The average molecular weight is 211 g/mol. The van der Waals surface area contributed by atoms with Crippen molar-refractivity contribution in [2.45, 2.75) is 52.2 Å². The van der Waals surface area contributed by atoms with Gasteiger partial charge in [-0.2, -0.15) is 0 Å². The third kappa shape index (κ3) is 2.50. The molecule has 0 amide bonds. The minimum Gasteiger partial charge on any atom is -0.402 e. The van der Waals surface area contributed by atoms with E-state index in [0.29, 0.717) is 5.04 Å². The summed E-state index contributed by atoms with van der Waals surface area (Å²) in [5, 5.41) is 1.66. The van der Waals surface area contributed by atoms with Gasteiger partial charge in [-0.1, -0.05) is 53.4 Å². The highest BCUT2D eigenvalue weighted by molar-refractivity contribution is 6.87. The van der Waals surface area contributed by atoms with Crippen molar-refractivity contribution in [3.05, 3.63) is 23.5 Å². The first-order valence-electron chi connectivity index (χ1n) is 5.30. The Morgan fingerprint density at radius 2 is 1.79 bits per heavy atom. The maximum Gasteiger partial charge on any atom is 0.0881 e. The SMILES string of the molecule is C=CC(=C(N)CC)[Si](C)(C)C(C)(C)C. The van der Waals surface area contributed by atoms with Gasteiger partial charge >= 0.3 is 0 Å². The van der Waals surface area contributed by atoms with Gasteiger partial charge in [0.1, 0.15) is 0 Å². The van der Waals surface area contributed by atoms with Crippen LogP contribution in [-0.2, 0) is 0 Å². The Labute approximate surface area is 90.1 Å². The van der Waals surface area contributed by atoms with Gasteiger partial charge in [0.05, 0.1) is 8.07 Å². The Hall–Kier alpha value is -0.503. The molecule has 0 rings (SSSR count). The summed E-state index contributed by atoms with van der Waals surface area (Å²) < 4.78 is 0. The predicted octanol–water partition coefficient (Wildman–Crippen LogP) is 3.84. The van der Waals surface area contributed by atoms with E-state index in [-0.39, 0.29) is 0 Å². The van der Waals surface area contributed by atoms with E-state index in [1.165, 1.54) is 5.20 Å². The van der Waals surface area contributed by atoms with E-state index in [4.69, 9.17) is 5.73 Å². The third-order valence-electron chi connectivity index (χ3n) is 3.48. The first-order chi connectivity index (χ1) is 6.18. The Morgan fingerprint density at radius 1 is 1.36 bits per heavy atom. The van der Waals surface area contributed by atoms with Crippen molar-refractivity contribution in [1.82, 2.24) is 0 Å². The normalized spacial score (nSPS) is 15.0. The number of hydrogen-bond acceptors (Lipinski definition) is 1. The Bertz CT molecular complexity index is 244. The molecule has 0 bridgehead atoms. The molecule has 0 atom stereocenters. The first-order valence-corrected chi connectivity index (χ1v) is 8.30. The molecule has 2 heteroatoms. The summed E-state index contributed by atoms with van der Waals surface area (Å²) in [7, 11) is -1.48. The standard InChI is InChI=1S/C12H25NSi/c1-8-10(13)11(9-2)14(6,7)12(3,4)5/h9H,2,8,13H2,1,3-7H3. The predicted molar refractivity (Wildman–Crippen MR) is 68.9 cm³/mol. The van der Waals surface area contributed by atoms with E-state index in [2.05, 4.69) is 47.4 Å². The largest absolute Gasteiger partial charge is 0.402 e. The molecule has 0 fully saturated rings. The fourth-order valence-corrected chi connectivity index (χ4v) is 3.68. The van der Waals surface area contributed by atoms with Gasteiger partial charge in [-0.3, -0.25) is 0 Å². The second kappa shape index (κ2) is 4.35. The molecule has 14 heavy (non-hydrogen) atoms. The van der Waals surface area contributed by atoms with E-state index in [1.54, 1.807) is 0 Å². The first kappa shape index (κ1) is 13.5. The van der Waals surface area contributed by atoms with Crippen molar-refractivity contribution >= 4 is 8.07 Å². The lowest BCUT2D eigenvalue weighted by atomic mass is 10.2. The lowest BCUT2D eigenvalue weighted by Gasteiger charge is -2.38. The van der Waals surface area contributed by atoms with Gasteiger partial charge in [0.25, 0.3) is 0 Å². The lowest BCUT2D eigenvalue weighted by Crippen LogP contribution is -2.40. The number of allylic oxidation sites excluding steroid dienone is 3. The van der Waals surface area contributed by atoms with Crippen molar-refractivity contribution in [2.24, 2.45) is 5.73 Å². The molecule has 82 valence electrons. The molecule has 0 radical (unpaired) electrons. The summed E-state index contributed by atoms with van der Waals surface area (Å²) in [6.45, 7) is 17.6. The number of rotatable bonds is 3. The zero-order valence-corrected chi connectivity index (χ0v) is 11.6. The van der Waals surface area contributed by atoms with Crippen LogP contribution in [0.1, 0.15) is 34.1 Å². The monoisotopic (exact) mass is 211 g/mol. The number of hydrogen-bond donors (Lipinski definition) is 1. The van der Waals surface area contributed by atoms with E-state index in [0.717, 1.165) is 12.1 Å². The average Bonchev–Trinajstić information content (AvgIpc) is 2.02. The smallest absolute Gasteiger partial charge is 0.0881 e. The van der Waals surface area contributed by atoms with Gasteiger partial charge in [0, 0.05) is 5.70 Å². The molecule has 0 aromatic carbocycles. The summed E-state index contributed by atoms with van der Waals surface area (Å²) in [6, 6.07) is 0. The zero-order chi connectivity index (χ0) is 11.6. The van der Waals surface area contributed by atoms with Crippen molar-refractivity contribution in [2.75, 3.05) is 0 Å². The quantitative estimate of drug-likeness (QED) is 0.557. The highest BCUT2D eigenvalue weighted by atomic mass is 28.3. The van der Waals surface area contributed by atoms with Crippen LogP contribution in [0.2, 0.25) is 18.1 Å². The molecule has 0 heterocycles. The van der Waals surface area contributed by atoms with Crippen LogP contribution in [-0.4, -0.2) is 8.07 Å². The summed E-state index contributed by atoms with van der Waals surface area (Å²) in [5.74, 6) is 0. The summed E-state index contributed by atoms with van der Waals surface area (Å²) in [6.07, 6.45) is 2.89. The second-order valence-corrected chi connectivity index (χ2v) is 10.7. The molecule has 0 aliphatic heterocycles. The fraction of sp³-hybridized carbons (Fsp3) is 0.667. The highest BCUT2D eigenvalue weighted by Gasteiger charge is 2.38. The van der Waals surface area contributed by atoms with E-state index in [1.807, 2.05) is 6.08 Å². The maximum atomic E-state index is 6.05. The summed E-state index contributed by atoms with van der Waals surface area (Å²) >= 11 is 0. The molecular weight excluding hydrogens is 186 g/mol. The lowest BCUT2D eigenvalue weighted by molar-refractivity contribution is 0.725. The zero-order valence-electron chi connectivity index (χ0n) is 10.6. The fourth-order valence-electron chi connectivity index (χ4n) is 1.38. The van der Waals surface area contributed by atoms with Crippen LogP contribution < -0.4 is 5.73 Å². The van der Waals surface area contributed by atoms with E-state index in [9.17, 15) is 0 Å². The number of nitrogens with two attached hydrogens (primary N) is 1. The van der Waals surface area contributed by atoms with Crippen LogP contribution in [0.25, 0.3) is 0 Å². The van der Waals surface area contributed by atoms with Gasteiger partial charge in [-0.25, -0.2) is 0 Å². The molecule has 1 nitrogen and oxygen atoms in total. The van der Waals surface area contributed by atoms with Gasteiger partial charge in [0.15, 0.2) is 0 Å². The Morgan fingerprint density at radius 3 is 2.00 bits per heavy atom. The topological polar surface area (TPSA) is 26.0 Å². The van der Waals surface area contributed by atoms with Crippen LogP contribution in [0.5, 0.6) is 0 Å². The van der Waals surface area contributed by atoms with Crippen molar-refractivity contribution in [1.29, 1.82) is 0 Å². The van der Waals surface area contributed by atoms with Crippen molar-refractivity contribution in [3.63, 3.8) is 0 Å². The summed E-state index contributed by atoms with van der Waals surface area (Å²) in [5.41, 5.74) is 7.07. The van der Waals surface area contributed by atoms with E-state index < -0.39 is 8.07 Å². The molecule has 0 saturated heterocycles. The second-order valence-electron chi connectivity index (χ2n) is 5.37. The molecule has 0 aliphatic carbocycles. The highest BCUT2D eigenvalue weighted by Crippen LogP contribution is 2.41. The van der Waals surface area contributed by atoms with Crippen LogP contribution >= 0.6 is 0 Å². The molecule has 0 saturated carbocycles. The van der Waals surface area contributed by atoms with Gasteiger partial charge in [0.2, 0.25) is 0 Å². The van der Waals surface area contributed by atoms with Crippen LogP contribution in [0.4, 0.5) is 0 Å².